The van der Waals surface area contributed by atoms with Crippen molar-refractivity contribution in [3.8, 4) is 0 Å². The summed E-state index contributed by atoms with van der Waals surface area (Å²) in [6, 6.07) is 6.83. The van der Waals surface area contributed by atoms with Crippen molar-refractivity contribution in [1.29, 1.82) is 0 Å². The molecular formula is C18H29ClN2O3. The lowest BCUT2D eigenvalue weighted by atomic mass is 10.2. The van der Waals surface area contributed by atoms with Gasteiger partial charge in [-0.1, -0.05) is 44.4 Å². The molecule has 2 N–H and O–H groups in total. The molecule has 1 rings (SSSR count). The molecule has 136 valence electrons. The average molecular weight is 357 g/mol. The molecule has 0 fully saturated rings. The smallest absolute Gasteiger partial charge is 0.411 e. The van der Waals surface area contributed by atoms with Gasteiger partial charge in [-0.05, 0) is 44.1 Å². The highest BCUT2D eigenvalue weighted by atomic mass is 35.5. The Labute approximate surface area is 149 Å². The molecular weight excluding hydrogens is 328 g/mol. The van der Waals surface area contributed by atoms with Gasteiger partial charge < -0.3 is 14.7 Å². The number of rotatable bonds is 11. The molecule has 0 radical (unpaired) electrons. The number of hydrogen-bond donors (Lipinski definition) is 2. The summed E-state index contributed by atoms with van der Waals surface area (Å²) < 4.78 is 5.09. The van der Waals surface area contributed by atoms with Crippen molar-refractivity contribution in [2.75, 3.05) is 31.6 Å². The number of amides is 1. The van der Waals surface area contributed by atoms with Crippen LogP contribution in [0.1, 0.15) is 39.5 Å². The van der Waals surface area contributed by atoms with E-state index in [2.05, 4.69) is 24.1 Å². The monoisotopic (exact) mass is 356 g/mol. The lowest BCUT2D eigenvalue weighted by Gasteiger charge is -2.24. The van der Waals surface area contributed by atoms with Gasteiger partial charge in [0.25, 0.3) is 0 Å². The second-order valence-electron chi connectivity index (χ2n) is 5.90. The molecule has 0 bridgehead atoms. The molecule has 0 saturated carbocycles. The van der Waals surface area contributed by atoms with Crippen LogP contribution in [-0.2, 0) is 4.74 Å². The number of carbonyl (C=O) groups is 1. The van der Waals surface area contributed by atoms with Gasteiger partial charge in [-0.2, -0.15) is 0 Å². The zero-order chi connectivity index (χ0) is 17.8. The van der Waals surface area contributed by atoms with Crippen LogP contribution in [0.25, 0.3) is 0 Å². The fourth-order valence-corrected chi connectivity index (χ4v) is 2.49. The summed E-state index contributed by atoms with van der Waals surface area (Å²) in [6.45, 7) is 6.71. The minimum atomic E-state index is -0.691. The molecule has 0 heterocycles. The Bertz CT molecular complexity index is 477. The second kappa shape index (κ2) is 12.1. The van der Waals surface area contributed by atoms with E-state index in [-0.39, 0.29) is 6.61 Å². The Balaban J connectivity index is 2.34. The first-order valence-corrected chi connectivity index (χ1v) is 9.02. The van der Waals surface area contributed by atoms with Gasteiger partial charge in [0.2, 0.25) is 0 Å². The number of unbranched alkanes of at least 4 members (excludes halogenated alkanes) is 2. The Hall–Kier alpha value is -1.30. The molecule has 1 amide bonds. The van der Waals surface area contributed by atoms with E-state index in [0.717, 1.165) is 38.8 Å². The maximum absolute atomic E-state index is 11.8. The molecule has 0 unspecified atom stereocenters. The van der Waals surface area contributed by atoms with Gasteiger partial charge in [-0.25, -0.2) is 4.79 Å². The third-order valence-corrected chi connectivity index (χ3v) is 3.84. The molecule has 1 aromatic rings. The van der Waals surface area contributed by atoms with Gasteiger partial charge in [0.1, 0.15) is 12.7 Å². The van der Waals surface area contributed by atoms with Crippen LogP contribution >= 0.6 is 11.6 Å². The predicted molar refractivity (Wildman–Crippen MR) is 98.7 cm³/mol. The number of ether oxygens (including phenoxy) is 1. The van der Waals surface area contributed by atoms with Crippen LogP contribution in [0.15, 0.2) is 24.3 Å². The van der Waals surface area contributed by atoms with E-state index in [1.54, 1.807) is 24.3 Å². The van der Waals surface area contributed by atoms with Gasteiger partial charge in [0.15, 0.2) is 0 Å². The van der Waals surface area contributed by atoms with E-state index in [4.69, 9.17) is 16.3 Å². The van der Waals surface area contributed by atoms with E-state index in [0.29, 0.717) is 17.3 Å². The fourth-order valence-electron chi connectivity index (χ4n) is 2.30. The van der Waals surface area contributed by atoms with Crippen LogP contribution in [-0.4, -0.2) is 48.4 Å². The van der Waals surface area contributed by atoms with Crippen molar-refractivity contribution < 1.29 is 14.6 Å². The molecule has 24 heavy (non-hydrogen) atoms. The van der Waals surface area contributed by atoms with Crippen LogP contribution in [0.4, 0.5) is 10.5 Å². The lowest BCUT2D eigenvalue weighted by Crippen LogP contribution is -2.37. The molecule has 1 atom stereocenters. The summed E-state index contributed by atoms with van der Waals surface area (Å²) in [5.41, 5.74) is 0.564. The van der Waals surface area contributed by atoms with Gasteiger partial charge >= 0.3 is 6.09 Å². The first-order chi connectivity index (χ1) is 11.5. The molecule has 0 aliphatic rings. The van der Waals surface area contributed by atoms with Gasteiger partial charge in [-0.3, -0.25) is 5.32 Å². The van der Waals surface area contributed by atoms with Gasteiger partial charge in [-0.15, -0.1) is 0 Å². The number of carbonyl (C=O) groups excluding carboxylic acids is 1. The SMILES string of the molecule is CCCCN(CCCC)C[C@H](O)COC(=O)Nc1cccc(Cl)c1. The van der Waals surface area contributed by atoms with Crippen LogP contribution < -0.4 is 5.32 Å². The average Bonchev–Trinajstić information content (AvgIpc) is 2.55. The van der Waals surface area contributed by atoms with Crippen LogP contribution in [0.5, 0.6) is 0 Å². The van der Waals surface area contributed by atoms with Crippen LogP contribution in [0.3, 0.4) is 0 Å². The van der Waals surface area contributed by atoms with Gasteiger partial charge in [0, 0.05) is 17.3 Å². The normalized spacial score (nSPS) is 12.2. The summed E-state index contributed by atoms with van der Waals surface area (Å²) in [5.74, 6) is 0. The Morgan fingerprint density at radius 3 is 2.54 bits per heavy atom. The maximum Gasteiger partial charge on any atom is 0.411 e. The highest BCUT2D eigenvalue weighted by Gasteiger charge is 2.13. The quantitative estimate of drug-likeness (QED) is 0.625. The van der Waals surface area contributed by atoms with E-state index >= 15 is 0 Å². The van der Waals surface area contributed by atoms with Crippen molar-refractivity contribution in [1.82, 2.24) is 4.90 Å². The minimum absolute atomic E-state index is 0.0266. The predicted octanol–water partition coefficient (Wildman–Crippen LogP) is 4.15. The summed E-state index contributed by atoms with van der Waals surface area (Å²) in [7, 11) is 0. The summed E-state index contributed by atoms with van der Waals surface area (Å²) in [6.07, 6.45) is 3.17. The Kier molecular flexibility index (Phi) is 10.5. The minimum Gasteiger partial charge on any atom is -0.447 e. The summed E-state index contributed by atoms with van der Waals surface area (Å²) >= 11 is 5.86. The van der Waals surface area contributed by atoms with Crippen molar-refractivity contribution in [2.45, 2.75) is 45.6 Å². The largest absolute Gasteiger partial charge is 0.447 e. The van der Waals surface area contributed by atoms with Gasteiger partial charge in [0.05, 0.1) is 0 Å². The number of aliphatic hydroxyl groups is 1. The van der Waals surface area contributed by atoms with Crippen LogP contribution in [0.2, 0.25) is 5.02 Å². The highest BCUT2D eigenvalue weighted by Crippen LogP contribution is 2.15. The third kappa shape index (κ3) is 9.11. The molecule has 0 aliphatic heterocycles. The van der Waals surface area contributed by atoms with E-state index in [1.807, 2.05) is 0 Å². The third-order valence-electron chi connectivity index (χ3n) is 3.60. The number of nitrogens with one attached hydrogen (secondary N) is 1. The molecule has 0 spiro atoms. The van der Waals surface area contributed by atoms with E-state index < -0.39 is 12.2 Å². The van der Waals surface area contributed by atoms with Crippen molar-refractivity contribution in [2.24, 2.45) is 0 Å². The molecule has 6 heteroatoms. The lowest BCUT2D eigenvalue weighted by molar-refractivity contribution is 0.0475. The highest BCUT2D eigenvalue weighted by molar-refractivity contribution is 6.30. The molecule has 0 aliphatic carbocycles. The first kappa shape index (κ1) is 20.7. The van der Waals surface area contributed by atoms with E-state index in [1.165, 1.54) is 0 Å². The standard InChI is InChI=1S/C18H29ClN2O3/c1-3-5-10-21(11-6-4-2)13-17(22)14-24-18(23)20-16-9-7-8-15(19)12-16/h7-9,12,17,22H,3-6,10-11,13-14H2,1-2H3,(H,20,23)/t17-/m0/s1. The molecule has 0 aromatic heterocycles. The zero-order valence-corrected chi connectivity index (χ0v) is 15.4. The topological polar surface area (TPSA) is 61.8 Å². The number of anilines is 1. The molecule has 5 nitrogen and oxygen atoms in total. The maximum atomic E-state index is 11.8. The van der Waals surface area contributed by atoms with Crippen molar-refractivity contribution in [3.05, 3.63) is 29.3 Å². The second-order valence-corrected chi connectivity index (χ2v) is 6.33. The number of aliphatic hydroxyl groups excluding tert-OH is 1. The summed E-state index contributed by atoms with van der Waals surface area (Å²) in [4.78, 5) is 14.0. The number of nitrogens with zero attached hydrogens (tertiary/aromatic N) is 1. The zero-order valence-electron chi connectivity index (χ0n) is 14.6. The van der Waals surface area contributed by atoms with Crippen LogP contribution in [0, 0.1) is 0 Å². The molecule has 1 aromatic carbocycles. The number of halogens is 1. The first-order valence-electron chi connectivity index (χ1n) is 8.64. The Morgan fingerprint density at radius 1 is 1.29 bits per heavy atom. The fraction of sp³-hybridized carbons (Fsp3) is 0.611. The van der Waals surface area contributed by atoms with Crippen molar-refractivity contribution in [3.63, 3.8) is 0 Å². The van der Waals surface area contributed by atoms with Crippen molar-refractivity contribution >= 4 is 23.4 Å². The Morgan fingerprint density at radius 2 is 1.96 bits per heavy atom. The number of hydrogen-bond acceptors (Lipinski definition) is 4. The summed E-state index contributed by atoms with van der Waals surface area (Å²) in [5, 5.41) is 13.2. The molecule has 0 saturated heterocycles. The van der Waals surface area contributed by atoms with E-state index in [9.17, 15) is 9.90 Å². The number of benzene rings is 1.